The van der Waals surface area contributed by atoms with Crippen molar-refractivity contribution in [2.45, 2.75) is 18.0 Å². The molecular weight excluding hydrogens is 492 g/mol. The van der Waals surface area contributed by atoms with E-state index in [9.17, 15) is 13.2 Å². The molecule has 0 aliphatic carbocycles. The Morgan fingerprint density at radius 3 is 2.09 bits per heavy atom. The second-order valence-corrected chi connectivity index (χ2v) is 9.82. The minimum atomic E-state index is -4.07. The first-order chi connectivity index (χ1) is 16.8. The highest BCUT2D eigenvalue weighted by atomic mass is 35.5. The molecule has 0 aromatic heterocycles. The number of rotatable bonds is 11. The fourth-order valence-electron chi connectivity index (χ4n) is 3.47. The summed E-state index contributed by atoms with van der Waals surface area (Å²) in [5.74, 6) is 0.957. The summed E-state index contributed by atoms with van der Waals surface area (Å²) >= 11 is 6.17. The second-order valence-electron chi connectivity index (χ2n) is 7.47. The molecule has 0 atom stereocenters. The van der Waals surface area contributed by atoms with Crippen LogP contribution in [-0.4, -0.2) is 46.5 Å². The number of carbonyl (C=O) groups is 1. The molecule has 3 rings (SSSR count). The van der Waals surface area contributed by atoms with Gasteiger partial charge in [0.05, 0.1) is 49.9 Å². The number of nitrogens with one attached hydrogen (secondary N) is 1. The maximum Gasteiger partial charge on any atom is 0.243 e. The number of halogens is 1. The molecule has 186 valence electrons. The van der Waals surface area contributed by atoms with Gasteiger partial charge in [-0.1, -0.05) is 48.0 Å². The number of hydrogen-bond donors (Lipinski definition) is 1. The minimum Gasteiger partial charge on any atom is -0.496 e. The summed E-state index contributed by atoms with van der Waals surface area (Å²) in [5.41, 5.74) is 1.38. The number of nitrogens with zero attached hydrogens (tertiary/aromatic N) is 1. The normalized spacial score (nSPS) is 11.2. The third kappa shape index (κ3) is 6.45. The van der Waals surface area contributed by atoms with Crippen LogP contribution in [0.25, 0.3) is 0 Å². The van der Waals surface area contributed by atoms with Crippen molar-refractivity contribution >= 4 is 27.5 Å². The average molecular weight is 519 g/mol. The lowest BCUT2D eigenvalue weighted by atomic mass is 10.1. The maximum atomic E-state index is 13.5. The Hall–Kier alpha value is -3.27. The zero-order valence-corrected chi connectivity index (χ0v) is 21.2. The van der Waals surface area contributed by atoms with Crippen LogP contribution in [0.3, 0.4) is 0 Å². The summed E-state index contributed by atoms with van der Waals surface area (Å²) in [6.45, 7) is -0.309. The fourth-order valence-corrected chi connectivity index (χ4v) is 5.21. The molecule has 0 bridgehead atoms. The molecule has 10 heteroatoms. The largest absolute Gasteiger partial charge is 0.496 e. The number of ether oxygens (including phenoxy) is 3. The van der Waals surface area contributed by atoms with E-state index in [1.165, 1.54) is 39.5 Å². The van der Waals surface area contributed by atoms with Crippen molar-refractivity contribution in [3.8, 4) is 17.2 Å². The highest BCUT2D eigenvalue weighted by Crippen LogP contribution is 2.30. The lowest BCUT2D eigenvalue weighted by molar-refractivity contribution is -0.121. The van der Waals surface area contributed by atoms with E-state index in [1.807, 2.05) is 6.07 Å². The summed E-state index contributed by atoms with van der Waals surface area (Å²) in [6, 6.07) is 18.5. The Kier molecular flexibility index (Phi) is 8.97. The SMILES string of the molecule is COc1ccc(S(=O)(=O)N(CC(=O)NCc2c(OC)cccc2OC)Cc2ccccc2)cc1Cl. The summed E-state index contributed by atoms with van der Waals surface area (Å²) < 4.78 is 44.0. The number of hydrogen-bond acceptors (Lipinski definition) is 6. The van der Waals surface area contributed by atoms with Gasteiger partial charge in [0.2, 0.25) is 15.9 Å². The van der Waals surface area contributed by atoms with Gasteiger partial charge in [-0.15, -0.1) is 0 Å². The smallest absolute Gasteiger partial charge is 0.243 e. The van der Waals surface area contributed by atoms with E-state index in [0.29, 0.717) is 22.8 Å². The van der Waals surface area contributed by atoms with Crippen molar-refractivity contribution < 1.29 is 27.4 Å². The molecule has 35 heavy (non-hydrogen) atoms. The summed E-state index contributed by atoms with van der Waals surface area (Å²) in [7, 11) is 0.419. The number of amides is 1. The summed E-state index contributed by atoms with van der Waals surface area (Å²) in [5, 5.41) is 2.92. The summed E-state index contributed by atoms with van der Waals surface area (Å²) in [4.78, 5) is 12.9. The van der Waals surface area contributed by atoms with Crippen molar-refractivity contribution in [2.24, 2.45) is 0 Å². The molecule has 0 saturated heterocycles. The maximum absolute atomic E-state index is 13.5. The van der Waals surface area contributed by atoms with Gasteiger partial charge in [0.1, 0.15) is 17.2 Å². The Bertz CT molecular complexity index is 1250. The molecule has 0 radical (unpaired) electrons. The van der Waals surface area contributed by atoms with Crippen LogP contribution in [-0.2, 0) is 27.9 Å². The molecule has 0 heterocycles. The molecule has 1 N–H and O–H groups in total. The quantitative estimate of drug-likeness (QED) is 0.414. The van der Waals surface area contributed by atoms with E-state index in [4.69, 9.17) is 25.8 Å². The van der Waals surface area contributed by atoms with Crippen LogP contribution in [0.15, 0.2) is 71.6 Å². The van der Waals surface area contributed by atoms with Gasteiger partial charge in [-0.05, 0) is 35.9 Å². The third-order valence-corrected chi connectivity index (χ3v) is 7.36. The molecule has 3 aromatic rings. The second kappa shape index (κ2) is 11.9. The number of benzene rings is 3. The van der Waals surface area contributed by atoms with Gasteiger partial charge in [0.25, 0.3) is 0 Å². The molecule has 0 unspecified atom stereocenters. The first-order valence-corrected chi connectivity index (χ1v) is 12.5. The molecule has 0 aliphatic rings. The van der Waals surface area contributed by atoms with Crippen molar-refractivity contribution in [3.05, 3.63) is 82.9 Å². The van der Waals surface area contributed by atoms with Gasteiger partial charge in [-0.3, -0.25) is 4.79 Å². The minimum absolute atomic E-state index is 0.00177. The van der Waals surface area contributed by atoms with E-state index in [0.717, 1.165) is 9.87 Å². The lowest BCUT2D eigenvalue weighted by Gasteiger charge is -2.22. The van der Waals surface area contributed by atoms with Crippen LogP contribution >= 0.6 is 11.6 Å². The first kappa shape index (κ1) is 26.3. The molecule has 8 nitrogen and oxygen atoms in total. The van der Waals surface area contributed by atoms with Crippen LogP contribution in [0, 0.1) is 0 Å². The van der Waals surface area contributed by atoms with Crippen molar-refractivity contribution in [3.63, 3.8) is 0 Å². The molecule has 0 spiro atoms. The van der Waals surface area contributed by atoms with E-state index in [2.05, 4.69) is 5.32 Å². The highest BCUT2D eigenvalue weighted by Gasteiger charge is 2.28. The van der Waals surface area contributed by atoms with Gasteiger partial charge in [-0.2, -0.15) is 4.31 Å². The van der Waals surface area contributed by atoms with Crippen molar-refractivity contribution in [1.82, 2.24) is 9.62 Å². The van der Waals surface area contributed by atoms with Gasteiger partial charge >= 0.3 is 0 Å². The number of sulfonamides is 1. The van der Waals surface area contributed by atoms with E-state index < -0.39 is 22.5 Å². The molecule has 3 aromatic carbocycles. The Morgan fingerprint density at radius 1 is 0.886 bits per heavy atom. The van der Waals surface area contributed by atoms with Crippen LogP contribution in [0.4, 0.5) is 0 Å². The van der Waals surface area contributed by atoms with Gasteiger partial charge in [-0.25, -0.2) is 8.42 Å². The van der Waals surface area contributed by atoms with Crippen molar-refractivity contribution in [1.29, 1.82) is 0 Å². The predicted octanol–water partition coefficient (Wildman–Crippen LogP) is 3.87. The monoisotopic (exact) mass is 518 g/mol. The number of carbonyl (C=O) groups excluding carboxylic acids is 1. The van der Waals surface area contributed by atoms with E-state index in [-0.39, 0.29) is 23.0 Å². The molecule has 1 amide bonds. The van der Waals surface area contributed by atoms with Crippen molar-refractivity contribution in [2.75, 3.05) is 27.9 Å². The molecule has 0 fully saturated rings. The topological polar surface area (TPSA) is 94.2 Å². The van der Waals surface area contributed by atoms with Crippen LogP contribution < -0.4 is 19.5 Å². The lowest BCUT2D eigenvalue weighted by Crippen LogP contribution is -2.40. The first-order valence-electron chi connectivity index (χ1n) is 10.6. The van der Waals surface area contributed by atoms with Gasteiger partial charge in [0.15, 0.2) is 0 Å². The fraction of sp³-hybridized carbons (Fsp3) is 0.240. The third-order valence-electron chi connectivity index (χ3n) is 5.27. The Morgan fingerprint density at radius 2 is 1.51 bits per heavy atom. The highest BCUT2D eigenvalue weighted by molar-refractivity contribution is 7.89. The van der Waals surface area contributed by atoms with Crippen LogP contribution in [0.5, 0.6) is 17.2 Å². The van der Waals surface area contributed by atoms with E-state index >= 15 is 0 Å². The zero-order valence-electron chi connectivity index (χ0n) is 19.7. The van der Waals surface area contributed by atoms with E-state index in [1.54, 1.807) is 42.5 Å². The zero-order chi connectivity index (χ0) is 25.4. The van der Waals surface area contributed by atoms with Crippen LogP contribution in [0.1, 0.15) is 11.1 Å². The standard InChI is InChI=1S/C25H27ClN2O6S/c1-32-22-10-7-11-23(33-2)20(22)15-27-25(29)17-28(16-18-8-5-4-6-9-18)35(30,31)19-12-13-24(34-3)21(26)14-19/h4-14H,15-17H2,1-3H3,(H,27,29). The molecule has 0 aliphatic heterocycles. The average Bonchev–Trinajstić information content (AvgIpc) is 2.87. The van der Waals surface area contributed by atoms with Gasteiger partial charge in [0, 0.05) is 6.54 Å². The molecular formula is C25H27ClN2O6S. The van der Waals surface area contributed by atoms with Gasteiger partial charge < -0.3 is 19.5 Å². The molecule has 0 saturated carbocycles. The van der Waals surface area contributed by atoms with Crippen LogP contribution in [0.2, 0.25) is 5.02 Å². The predicted molar refractivity (Wildman–Crippen MR) is 133 cm³/mol. The Labute approximate surface area is 210 Å². The number of methoxy groups -OCH3 is 3. The summed E-state index contributed by atoms with van der Waals surface area (Å²) in [6.07, 6.45) is 0. The Balaban J connectivity index is 1.85.